The summed E-state index contributed by atoms with van der Waals surface area (Å²) in [5.74, 6) is 0.675. The fourth-order valence-electron chi connectivity index (χ4n) is 3.41. The summed E-state index contributed by atoms with van der Waals surface area (Å²) >= 11 is 0. The first-order valence-corrected chi connectivity index (χ1v) is 10.9. The predicted molar refractivity (Wildman–Crippen MR) is 129 cm³/mol. The number of carbonyl (C=O) groups excluding carboxylic acids is 2. The number of aliphatic hydroxyl groups excluding tert-OH is 2. The third-order valence-corrected chi connectivity index (χ3v) is 4.89. The number of carbonyl (C=O) groups is 2. The average molecular weight is 461 g/mol. The Labute approximate surface area is 198 Å². The van der Waals surface area contributed by atoms with E-state index < -0.39 is 12.2 Å². The van der Waals surface area contributed by atoms with Crippen LogP contribution < -0.4 is 0 Å². The molecule has 2 aromatic carbocycles. The molecule has 4 rings (SSSR count). The van der Waals surface area contributed by atoms with Crippen molar-refractivity contribution in [2.24, 2.45) is 0 Å². The van der Waals surface area contributed by atoms with E-state index in [9.17, 15) is 19.8 Å². The molecule has 4 aromatic rings. The molecule has 2 aromatic heterocycles. The van der Waals surface area contributed by atoms with Gasteiger partial charge in [-0.25, -0.2) is 9.97 Å². The Morgan fingerprint density at radius 3 is 1.35 bits per heavy atom. The minimum absolute atomic E-state index is 0.338. The lowest BCUT2D eigenvalue weighted by Crippen LogP contribution is -2.13. The SMILES string of the molecule is C[C@@H](O)Cn1cc(-c2ccccc2)nc1C=O.C[C@H](O)Cn1cc(-c2ccccc2)nc1C=O. The summed E-state index contributed by atoms with van der Waals surface area (Å²) in [5.41, 5.74) is 3.40. The highest BCUT2D eigenvalue weighted by atomic mass is 16.3. The van der Waals surface area contributed by atoms with E-state index in [-0.39, 0.29) is 0 Å². The quantitative estimate of drug-likeness (QED) is 0.390. The molecule has 0 amide bonds. The maximum atomic E-state index is 10.9. The van der Waals surface area contributed by atoms with Crippen LogP contribution in [-0.4, -0.2) is 54.1 Å². The number of benzene rings is 2. The first kappa shape index (κ1) is 24.8. The van der Waals surface area contributed by atoms with Gasteiger partial charge in [0.1, 0.15) is 0 Å². The lowest BCUT2D eigenvalue weighted by molar-refractivity contribution is 0.109. The van der Waals surface area contributed by atoms with E-state index >= 15 is 0 Å². The van der Waals surface area contributed by atoms with Crippen LogP contribution in [0.4, 0.5) is 0 Å². The number of aldehydes is 2. The van der Waals surface area contributed by atoms with Gasteiger partial charge < -0.3 is 19.3 Å². The second-order valence-electron chi connectivity index (χ2n) is 7.94. The molecule has 0 aliphatic carbocycles. The van der Waals surface area contributed by atoms with E-state index in [0.717, 1.165) is 22.5 Å². The van der Waals surface area contributed by atoms with Crippen molar-refractivity contribution < 1.29 is 19.8 Å². The Morgan fingerprint density at radius 2 is 1.06 bits per heavy atom. The lowest BCUT2D eigenvalue weighted by atomic mass is 10.2. The number of hydrogen-bond donors (Lipinski definition) is 2. The molecule has 0 aliphatic heterocycles. The number of hydrogen-bond acceptors (Lipinski definition) is 6. The third kappa shape index (κ3) is 6.57. The van der Waals surface area contributed by atoms with Crippen LogP contribution in [0.1, 0.15) is 35.1 Å². The molecule has 2 atom stereocenters. The minimum atomic E-state index is -0.508. The van der Waals surface area contributed by atoms with Crippen molar-refractivity contribution in [2.45, 2.75) is 39.1 Å². The van der Waals surface area contributed by atoms with Crippen molar-refractivity contribution in [2.75, 3.05) is 0 Å². The van der Waals surface area contributed by atoms with E-state index in [0.29, 0.717) is 37.3 Å². The molecule has 2 N–H and O–H groups in total. The molecule has 0 radical (unpaired) electrons. The molecule has 0 fully saturated rings. The summed E-state index contributed by atoms with van der Waals surface area (Å²) in [6, 6.07) is 19.3. The predicted octanol–water partition coefficient (Wildman–Crippen LogP) is 3.49. The van der Waals surface area contributed by atoms with Crippen LogP contribution in [0.5, 0.6) is 0 Å². The van der Waals surface area contributed by atoms with Crippen molar-refractivity contribution in [1.29, 1.82) is 0 Å². The summed E-state index contributed by atoms with van der Waals surface area (Å²) in [4.78, 5) is 30.2. The molecule has 8 heteroatoms. The van der Waals surface area contributed by atoms with Crippen molar-refractivity contribution >= 4 is 12.6 Å². The Morgan fingerprint density at radius 1 is 0.706 bits per heavy atom. The van der Waals surface area contributed by atoms with Gasteiger partial charge in [0.25, 0.3) is 0 Å². The summed E-state index contributed by atoms with van der Waals surface area (Å²) in [5, 5.41) is 18.7. The van der Waals surface area contributed by atoms with E-state index in [4.69, 9.17) is 0 Å². The molecule has 0 saturated heterocycles. The molecule has 0 spiro atoms. The van der Waals surface area contributed by atoms with Gasteiger partial charge in [-0.05, 0) is 13.8 Å². The zero-order valence-electron chi connectivity index (χ0n) is 19.2. The number of aromatic nitrogens is 4. The average Bonchev–Trinajstić information content (AvgIpc) is 3.43. The van der Waals surface area contributed by atoms with E-state index in [2.05, 4.69) is 9.97 Å². The zero-order chi connectivity index (χ0) is 24.5. The fourth-order valence-corrected chi connectivity index (χ4v) is 3.41. The molecular formula is C26H28N4O4. The van der Waals surface area contributed by atoms with Crippen molar-refractivity contribution in [1.82, 2.24) is 19.1 Å². The number of imidazole rings is 2. The van der Waals surface area contributed by atoms with E-state index in [1.54, 1.807) is 35.4 Å². The molecule has 34 heavy (non-hydrogen) atoms. The van der Waals surface area contributed by atoms with Crippen LogP contribution in [0.3, 0.4) is 0 Å². The Balaban J connectivity index is 0.000000191. The first-order valence-electron chi connectivity index (χ1n) is 10.9. The second kappa shape index (κ2) is 11.8. The van der Waals surface area contributed by atoms with Crippen molar-refractivity contribution in [3.63, 3.8) is 0 Å². The Kier molecular flexibility index (Phi) is 8.61. The third-order valence-electron chi connectivity index (χ3n) is 4.89. The molecule has 8 nitrogen and oxygen atoms in total. The first-order chi connectivity index (χ1) is 16.4. The summed E-state index contributed by atoms with van der Waals surface area (Å²) in [6.45, 7) is 4.09. The van der Waals surface area contributed by atoms with Crippen molar-refractivity contribution in [3.8, 4) is 22.5 Å². The smallest absolute Gasteiger partial charge is 0.185 e. The van der Waals surface area contributed by atoms with Gasteiger partial charge >= 0.3 is 0 Å². The molecule has 0 unspecified atom stereocenters. The summed E-state index contributed by atoms with van der Waals surface area (Å²) < 4.78 is 3.33. The van der Waals surface area contributed by atoms with Gasteiger partial charge in [0.05, 0.1) is 23.6 Å². The molecule has 0 bridgehead atoms. The Bertz CT molecular complexity index is 1100. The fraction of sp³-hybridized carbons (Fsp3) is 0.231. The Hall–Kier alpha value is -3.88. The number of aliphatic hydroxyl groups is 2. The molecule has 176 valence electrons. The summed E-state index contributed by atoms with van der Waals surface area (Å²) in [6.07, 6.45) is 3.96. The highest BCUT2D eigenvalue weighted by Gasteiger charge is 2.11. The van der Waals surface area contributed by atoms with Crippen LogP contribution >= 0.6 is 0 Å². The normalized spacial score (nSPS) is 12.4. The lowest BCUT2D eigenvalue weighted by Gasteiger charge is -2.05. The van der Waals surface area contributed by atoms with Crippen molar-refractivity contribution in [3.05, 3.63) is 84.7 Å². The van der Waals surface area contributed by atoms with Crippen LogP contribution in [0.25, 0.3) is 22.5 Å². The van der Waals surface area contributed by atoms with Crippen LogP contribution in [-0.2, 0) is 13.1 Å². The van der Waals surface area contributed by atoms with Gasteiger partial charge in [-0.1, -0.05) is 60.7 Å². The van der Waals surface area contributed by atoms with E-state index in [1.165, 1.54) is 0 Å². The summed E-state index contributed by atoms with van der Waals surface area (Å²) in [7, 11) is 0. The van der Waals surface area contributed by atoms with Gasteiger partial charge in [0.15, 0.2) is 24.2 Å². The molecule has 2 heterocycles. The maximum Gasteiger partial charge on any atom is 0.185 e. The van der Waals surface area contributed by atoms with E-state index in [1.807, 2.05) is 60.7 Å². The molecule has 0 aliphatic rings. The second-order valence-corrected chi connectivity index (χ2v) is 7.94. The van der Waals surface area contributed by atoms with Gasteiger partial charge in [0, 0.05) is 36.6 Å². The van der Waals surface area contributed by atoms with Gasteiger partial charge in [-0.2, -0.15) is 0 Å². The maximum absolute atomic E-state index is 10.9. The standard InChI is InChI=1S/2C13H14N2O2/c2*1-10(17)7-15-8-12(14-13(15)9-16)11-5-3-2-4-6-11/h2*2-6,8-10,17H,7H2,1H3/t2*10-/m10/s1. The molecule has 0 saturated carbocycles. The number of rotatable bonds is 8. The zero-order valence-corrected chi connectivity index (χ0v) is 19.2. The van der Waals surface area contributed by atoms with Gasteiger partial charge in [-0.3, -0.25) is 9.59 Å². The van der Waals surface area contributed by atoms with Crippen LogP contribution in [0, 0.1) is 0 Å². The largest absolute Gasteiger partial charge is 0.392 e. The van der Waals surface area contributed by atoms with Gasteiger partial charge in [-0.15, -0.1) is 0 Å². The molecular weight excluding hydrogens is 432 g/mol. The monoisotopic (exact) mass is 460 g/mol. The van der Waals surface area contributed by atoms with Crippen LogP contribution in [0.2, 0.25) is 0 Å². The number of nitrogens with zero attached hydrogens (tertiary/aromatic N) is 4. The van der Waals surface area contributed by atoms with Gasteiger partial charge in [0.2, 0.25) is 0 Å². The minimum Gasteiger partial charge on any atom is -0.392 e. The topological polar surface area (TPSA) is 110 Å². The highest BCUT2D eigenvalue weighted by Crippen LogP contribution is 2.19. The van der Waals surface area contributed by atoms with Crippen LogP contribution in [0.15, 0.2) is 73.1 Å². The highest BCUT2D eigenvalue weighted by molar-refractivity contribution is 5.73.